The molecule has 0 heterocycles. The minimum absolute atomic E-state index is 0.425. The minimum Gasteiger partial charge on any atom is -0.377 e. The SMILES string of the molecule is CCCOC1CC(C(C)(C)CC)CCC1NCC. The summed E-state index contributed by atoms with van der Waals surface area (Å²) in [5.74, 6) is 0.819. The van der Waals surface area contributed by atoms with Gasteiger partial charge in [0.1, 0.15) is 0 Å². The molecular weight excluding hydrogens is 222 g/mol. The second-order valence-electron chi connectivity index (χ2n) is 6.43. The summed E-state index contributed by atoms with van der Waals surface area (Å²) >= 11 is 0. The van der Waals surface area contributed by atoms with Crippen LogP contribution in [0.1, 0.15) is 66.7 Å². The summed E-state index contributed by atoms with van der Waals surface area (Å²) in [4.78, 5) is 0. The van der Waals surface area contributed by atoms with Gasteiger partial charge in [-0.15, -0.1) is 0 Å². The largest absolute Gasteiger partial charge is 0.377 e. The fourth-order valence-electron chi connectivity index (χ4n) is 3.08. The lowest BCUT2D eigenvalue weighted by Crippen LogP contribution is -2.47. The molecule has 3 atom stereocenters. The molecule has 0 aromatic carbocycles. The van der Waals surface area contributed by atoms with Gasteiger partial charge in [-0.2, -0.15) is 0 Å². The highest BCUT2D eigenvalue weighted by atomic mass is 16.5. The Labute approximate surface area is 114 Å². The van der Waals surface area contributed by atoms with Crippen LogP contribution in [-0.4, -0.2) is 25.3 Å². The number of hydrogen-bond donors (Lipinski definition) is 1. The topological polar surface area (TPSA) is 21.3 Å². The molecule has 0 saturated heterocycles. The molecule has 3 unspecified atom stereocenters. The molecule has 1 rings (SSSR count). The maximum atomic E-state index is 6.10. The van der Waals surface area contributed by atoms with Crippen molar-refractivity contribution in [1.82, 2.24) is 5.32 Å². The van der Waals surface area contributed by atoms with Crippen LogP contribution in [0.2, 0.25) is 0 Å². The summed E-state index contributed by atoms with van der Waals surface area (Å²) in [6, 6.07) is 0.574. The van der Waals surface area contributed by atoms with E-state index in [4.69, 9.17) is 4.74 Å². The van der Waals surface area contributed by atoms with Crippen molar-refractivity contribution in [3.63, 3.8) is 0 Å². The van der Waals surface area contributed by atoms with Gasteiger partial charge in [0, 0.05) is 12.6 Å². The Bertz CT molecular complexity index is 227. The maximum Gasteiger partial charge on any atom is 0.0730 e. The number of ether oxygens (including phenoxy) is 1. The molecule has 0 aliphatic heterocycles. The van der Waals surface area contributed by atoms with Gasteiger partial charge < -0.3 is 10.1 Å². The molecule has 1 saturated carbocycles. The van der Waals surface area contributed by atoms with Gasteiger partial charge in [-0.3, -0.25) is 0 Å². The first-order valence-electron chi connectivity index (χ1n) is 7.90. The van der Waals surface area contributed by atoms with Gasteiger partial charge >= 0.3 is 0 Å². The van der Waals surface area contributed by atoms with Crippen LogP contribution < -0.4 is 5.32 Å². The summed E-state index contributed by atoms with van der Waals surface area (Å²) in [5, 5.41) is 3.61. The molecule has 0 aromatic heterocycles. The molecule has 1 N–H and O–H groups in total. The van der Waals surface area contributed by atoms with E-state index in [1.165, 1.54) is 25.7 Å². The van der Waals surface area contributed by atoms with Crippen molar-refractivity contribution in [3.8, 4) is 0 Å². The molecule has 18 heavy (non-hydrogen) atoms. The maximum absolute atomic E-state index is 6.10. The highest BCUT2D eigenvalue weighted by Gasteiger charge is 2.37. The van der Waals surface area contributed by atoms with Gasteiger partial charge in [0.25, 0.3) is 0 Å². The third-order valence-electron chi connectivity index (χ3n) is 4.81. The molecule has 0 amide bonds. The first kappa shape index (κ1) is 16.0. The number of nitrogens with one attached hydrogen (secondary N) is 1. The van der Waals surface area contributed by atoms with Crippen molar-refractivity contribution in [2.45, 2.75) is 78.9 Å². The standard InChI is InChI=1S/C16H33NO/c1-6-11-18-15-12-13(16(4,5)7-2)9-10-14(15)17-8-3/h13-15,17H,6-12H2,1-5H3. The Morgan fingerprint density at radius 3 is 2.44 bits per heavy atom. The Balaban J connectivity index is 2.60. The summed E-state index contributed by atoms with van der Waals surface area (Å²) in [7, 11) is 0. The van der Waals surface area contributed by atoms with Crippen molar-refractivity contribution in [2.75, 3.05) is 13.2 Å². The molecule has 1 aliphatic rings. The highest BCUT2D eigenvalue weighted by Crippen LogP contribution is 2.41. The van der Waals surface area contributed by atoms with Crippen LogP contribution in [0.5, 0.6) is 0 Å². The van der Waals surface area contributed by atoms with Gasteiger partial charge in [-0.25, -0.2) is 0 Å². The van der Waals surface area contributed by atoms with Crippen LogP contribution in [0.25, 0.3) is 0 Å². The fourth-order valence-corrected chi connectivity index (χ4v) is 3.08. The number of likely N-dealkylation sites (N-methyl/N-ethyl adjacent to an activating group) is 1. The summed E-state index contributed by atoms with van der Waals surface area (Å²) in [6.45, 7) is 13.5. The molecule has 0 aromatic rings. The second kappa shape index (κ2) is 7.49. The molecule has 2 heteroatoms. The van der Waals surface area contributed by atoms with E-state index in [2.05, 4.69) is 39.9 Å². The molecule has 1 aliphatic carbocycles. The predicted molar refractivity (Wildman–Crippen MR) is 78.9 cm³/mol. The molecule has 0 spiro atoms. The van der Waals surface area contributed by atoms with E-state index in [-0.39, 0.29) is 0 Å². The van der Waals surface area contributed by atoms with E-state index < -0.39 is 0 Å². The van der Waals surface area contributed by atoms with Crippen LogP contribution in [0.4, 0.5) is 0 Å². The quantitative estimate of drug-likeness (QED) is 0.742. The van der Waals surface area contributed by atoms with Gasteiger partial charge in [0.05, 0.1) is 6.10 Å². The first-order chi connectivity index (χ1) is 8.55. The lowest BCUT2D eigenvalue weighted by molar-refractivity contribution is -0.0305. The van der Waals surface area contributed by atoms with Crippen LogP contribution >= 0.6 is 0 Å². The summed E-state index contributed by atoms with van der Waals surface area (Å²) in [5.41, 5.74) is 0.463. The summed E-state index contributed by atoms with van der Waals surface area (Å²) in [6.07, 6.45) is 6.68. The van der Waals surface area contributed by atoms with Gasteiger partial charge in [0.2, 0.25) is 0 Å². The molecule has 0 radical (unpaired) electrons. The van der Waals surface area contributed by atoms with Crippen molar-refractivity contribution in [2.24, 2.45) is 11.3 Å². The van der Waals surface area contributed by atoms with Crippen LogP contribution in [0.15, 0.2) is 0 Å². The van der Waals surface area contributed by atoms with E-state index in [0.717, 1.165) is 25.5 Å². The smallest absolute Gasteiger partial charge is 0.0730 e. The van der Waals surface area contributed by atoms with E-state index >= 15 is 0 Å². The van der Waals surface area contributed by atoms with E-state index in [9.17, 15) is 0 Å². The molecule has 1 fully saturated rings. The Morgan fingerprint density at radius 2 is 1.89 bits per heavy atom. The molecule has 108 valence electrons. The molecule has 0 bridgehead atoms. The van der Waals surface area contributed by atoms with Crippen LogP contribution in [0.3, 0.4) is 0 Å². The average molecular weight is 255 g/mol. The molecule has 2 nitrogen and oxygen atoms in total. The zero-order valence-electron chi connectivity index (χ0n) is 13.1. The number of rotatable bonds is 7. The number of hydrogen-bond acceptors (Lipinski definition) is 2. The Hall–Kier alpha value is -0.0800. The zero-order valence-corrected chi connectivity index (χ0v) is 13.1. The second-order valence-corrected chi connectivity index (χ2v) is 6.43. The lowest BCUT2D eigenvalue weighted by Gasteiger charge is -2.43. The van der Waals surface area contributed by atoms with E-state index in [1.807, 2.05) is 0 Å². The van der Waals surface area contributed by atoms with Crippen molar-refractivity contribution in [1.29, 1.82) is 0 Å². The third-order valence-corrected chi connectivity index (χ3v) is 4.81. The normalized spacial score (nSPS) is 29.5. The van der Waals surface area contributed by atoms with Gasteiger partial charge in [-0.1, -0.05) is 41.0 Å². The van der Waals surface area contributed by atoms with E-state index in [0.29, 0.717) is 17.6 Å². The predicted octanol–water partition coefficient (Wildman–Crippen LogP) is 4.00. The average Bonchev–Trinajstić information content (AvgIpc) is 2.37. The van der Waals surface area contributed by atoms with Crippen molar-refractivity contribution >= 4 is 0 Å². The van der Waals surface area contributed by atoms with Crippen molar-refractivity contribution in [3.05, 3.63) is 0 Å². The Kier molecular flexibility index (Phi) is 6.65. The molecular formula is C16H33NO. The fraction of sp³-hybridized carbons (Fsp3) is 1.00. The van der Waals surface area contributed by atoms with Crippen LogP contribution in [0, 0.1) is 11.3 Å². The lowest BCUT2D eigenvalue weighted by atomic mass is 9.68. The van der Waals surface area contributed by atoms with E-state index in [1.54, 1.807) is 0 Å². The third kappa shape index (κ3) is 4.24. The van der Waals surface area contributed by atoms with Crippen molar-refractivity contribution < 1.29 is 4.74 Å². The first-order valence-corrected chi connectivity index (χ1v) is 7.90. The Morgan fingerprint density at radius 1 is 1.17 bits per heavy atom. The monoisotopic (exact) mass is 255 g/mol. The zero-order chi connectivity index (χ0) is 13.6. The highest BCUT2D eigenvalue weighted by molar-refractivity contribution is 4.90. The van der Waals surface area contributed by atoms with Gasteiger partial charge in [0.15, 0.2) is 0 Å². The summed E-state index contributed by atoms with van der Waals surface area (Å²) < 4.78 is 6.10. The van der Waals surface area contributed by atoms with Gasteiger partial charge in [-0.05, 0) is 43.6 Å². The van der Waals surface area contributed by atoms with Crippen LogP contribution in [-0.2, 0) is 4.74 Å². The minimum atomic E-state index is 0.425.